The molecule has 1 amide bonds. The lowest BCUT2D eigenvalue weighted by atomic mass is 10.0. The Kier molecular flexibility index (Phi) is 5.85. The van der Waals surface area contributed by atoms with Gasteiger partial charge >= 0.3 is 0 Å². The van der Waals surface area contributed by atoms with Crippen LogP contribution in [-0.4, -0.2) is 27.1 Å². The largest absolute Gasteiger partial charge is 0.326 e. The van der Waals surface area contributed by atoms with Gasteiger partial charge in [-0.2, -0.15) is 0 Å². The fourth-order valence-electron chi connectivity index (χ4n) is 3.52. The summed E-state index contributed by atoms with van der Waals surface area (Å²) in [7, 11) is -3.31. The van der Waals surface area contributed by atoms with E-state index in [1.807, 2.05) is 24.3 Å². The van der Waals surface area contributed by atoms with E-state index in [2.05, 4.69) is 24.4 Å². The molecule has 0 aromatic heterocycles. The Hall–Kier alpha value is -2.34. The fraction of sp³-hybridized carbons (Fsp3) is 0.381. The molecule has 0 saturated heterocycles. The fourth-order valence-corrected chi connectivity index (χ4v) is 4.50. The zero-order valence-corrected chi connectivity index (χ0v) is 16.7. The maximum Gasteiger partial charge on any atom is 0.232 e. The smallest absolute Gasteiger partial charge is 0.232 e. The van der Waals surface area contributed by atoms with Crippen LogP contribution in [0.5, 0.6) is 0 Å². The molecule has 6 heteroatoms. The van der Waals surface area contributed by atoms with Gasteiger partial charge in [0.25, 0.3) is 0 Å². The maximum atomic E-state index is 12.3. The Morgan fingerprint density at radius 3 is 2.70 bits per heavy atom. The van der Waals surface area contributed by atoms with Gasteiger partial charge in [0, 0.05) is 18.7 Å². The number of anilines is 2. The highest BCUT2D eigenvalue weighted by molar-refractivity contribution is 7.92. The predicted octanol–water partition coefficient (Wildman–Crippen LogP) is 3.67. The number of carbonyl (C=O) groups excluding carboxylic acids is 1. The normalized spacial score (nSPS) is 13.9. The van der Waals surface area contributed by atoms with Gasteiger partial charge in [0.05, 0.1) is 11.9 Å². The third-order valence-corrected chi connectivity index (χ3v) is 6.14. The molecule has 1 aliphatic heterocycles. The van der Waals surface area contributed by atoms with Crippen molar-refractivity contribution in [2.75, 3.05) is 22.4 Å². The average Bonchev–Trinajstić information content (AvgIpc) is 2.62. The number of hydrogen-bond acceptors (Lipinski definition) is 3. The van der Waals surface area contributed by atoms with Gasteiger partial charge in [-0.05, 0) is 61.4 Å². The topological polar surface area (TPSA) is 66.5 Å². The number of nitrogens with zero attached hydrogens (tertiary/aromatic N) is 1. The van der Waals surface area contributed by atoms with Gasteiger partial charge in [-0.1, -0.05) is 30.3 Å². The Bertz CT molecular complexity index is 938. The van der Waals surface area contributed by atoms with Crippen molar-refractivity contribution in [3.63, 3.8) is 0 Å². The van der Waals surface area contributed by atoms with Gasteiger partial charge in [0.1, 0.15) is 0 Å². The van der Waals surface area contributed by atoms with Gasteiger partial charge < -0.3 is 5.32 Å². The van der Waals surface area contributed by atoms with E-state index >= 15 is 0 Å². The van der Waals surface area contributed by atoms with Crippen molar-refractivity contribution in [1.82, 2.24) is 0 Å². The molecule has 144 valence electrons. The second-order valence-corrected chi connectivity index (χ2v) is 9.02. The number of amides is 1. The summed E-state index contributed by atoms with van der Waals surface area (Å²) < 4.78 is 25.5. The summed E-state index contributed by atoms with van der Waals surface area (Å²) in [5, 5.41) is 2.90. The molecule has 0 unspecified atom stereocenters. The highest BCUT2D eigenvalue weighted by atomic mass is 32.2. The summed E-state index contributed by atoms with van der Waals surface area (Å²) in [5.41, 5.74) is 4.84. The summed E-state index contributed by atoms with van der Waals surface area (Å²) >= 11 is 0. The summed E-state index contributed by atoms with van der Waals surface area (Å²) in [6.45, 7) is 2.57. The molecule has 0 bridgehead atoms. The number of fused-ring (bicyclic) bond motifs is 1. The molecule has 0 fully saturated rings. The van der Waals surface area contributed by atoms with Crippen molar-refractivity contribution < 1.29 is 13.2 Å². The first-order valence-electron chi connectivity index (χ1n) is 9.29. The second kappa shape index (κ2) is 8.13. The molecule has 0 radical (unpaired) electrons. The number of benzene rings is 2. The molecule has 2 aromatic rings. The van der Waals surface area contributed by atoms with Gasteiger partial charge in [-0.3, -0.25) is 9.10 Å². The molecule has 27 heavy (non-hydrogen) atoms. The van der Waals surface area contributed by atoms with Crippen molar-refractivity contribution in [1.29, 1.82) is 0 Å². The zero-order valence-electron chi connectivity index (χ0n) is 15.9. The molecule has 3 rings (SSSR count). The highest BCUT2D eigenvalue weighted by Crippen LogP contribution is 2.31. The van der Waals surface area contributed by atoms with Gasteiger partial charge in [0.2, 0.25) is 15.9 Å². The van der Waals surface area contributed by atoms with Crippen LogP contribution < -0.4 is 9.62 Å². The third-order valence-electron chi connectivity index (χ3n) is 4.96. The number of aryl methyl sites for hydroxylation is 3. The van der Waals surface area contributed by atoms with Crippen LogP contribution in [0.3, 0.4) is 0 Å². The van der Waals surface area contributed by atoms with E-state index in [-0.39, 0.29) is 5.91 Å². The minimum absolute atomic E-state index is 0.0507. The van der Waals surface area contributed by atoms with Crippen LogP contribution in [0.4, 0.5) is 11.4 Å². The molecular formula is C21H26N2O3S. The van der Waals surface area contributed by atoms with Crippen molar-refractivity contribution >= 4 is 27.3 Å². The summed E-state index contributed by atoms with van der Waals surface area (Å²) in [5.74, 6) is -0.0507. The first-order chi connectivity index (χ1) is 12.8. The number of carbonyl (C=O) groups is 1. The lowest BCUT2D eigenvalue weighted by Gasteiger charge is -2.29. The third kappa shape index (κ3) is 4.89. The zero-order chi connectivity index (χ0) is 19.4. The Morgan fingerprint density at radius 2 is 1.96 bits per heavy atom. The van der Waals surface area contributed by atoms with E-state index in [1.54, 1.807) is 6.07 Å². The minimum atomic E-state index is -3.31. The molecule has 1 heterocycles. The standard InChI is InChI=1S/C21H26N2O3S/c1-16-7-3-4-8-17(16)9-5-11-21(24)22-19-13-12-18-10-6-14-23(20(18)15-19)27(2,25)26/h3-4,7-8,12-13,15H,5-6,9-11,14H2,1-2H3,(H,22,24). The molecule has 1 N–H and O–H groups in total. The van der Waals surface area contributed by atoms with Gasteiger partial charge in [-0.25, -0.2) is 8.42 Å². The van der Waals surface area contributed by atoms with Crippen LogP contribution >= 0.6 is 0 Å². The van der Waals surface area contributed by atoms with Crippen LogP contribution in [0.15, 0.2) is 42.5 Å². The van der Waals surface area contributed by atoms with Crippen molar-refractivity contribution in [2.45, 2.75) is 39.0 Å². The monoisotopic (exact) mass is 386 g/mol. The molecule has 0 spiro atoms. The molecule has 2 aromatic carbocycles. The number of sulfonamides is 1. The van der Waals surface area contributed by atoms with Crippen LogP contribution in [0, 0.1) is 6.92 Å². The molecular weight excluding hydrogens is 360 g/mol. The van der Waals surface area contributed by atoms with E-state index in [0.29, 0.717) is 24.3 Å². The first-order valence-corrected chi connectivity index (χ1v) is 11.1. The summed E-state index contributed by atoms with van der Waals surface area (Å²) in [4.78, 5) is 12.3. The first kappa shape index (κ1) is 19.4. The minimum Gasteiger partial charge on any atom is -0.326 e. The number of hydrogen-bond donors (Lipinski definition) is 1. The summed E-state index contributed by atoms with van der Waals surface area (Å²) in [6, 6.07) is 13.7. The van der Waals surface area contributed by atoms with Crippen LogP contribution in [0.1, 0.15) is 36.0 Å². The highest BCUT2D eigenvalue weighted by Gasteiger charge is 2.24. The quantitative estimate of drug-likeness (QED) is 0.824. The van der Waals surface area contributed by atoms with E-state index in [0.717, 1.165) is 31.2 Å². The SMILES string of the molecule is Cc1ccccc1CCCC(=O)Nc1ccc2c(c1)N(S(C)(=O)=O)CCC2. The molecule has 0 aliphatic carbocycles. The summed E-state index contributed by atoms with van der Waals surface area (Å²) in [6.07, 6.45) is 4.96. The van der Waals surface area contributed by atoms with E-state index in [4.69, 9.17) is 0 Å². The van der Waals surface area contributed by atoms with Crippen LogP contribution in [0.2, 0.25) is 0 Å². The lowest BCUT2D eigenvalue weighted by Crippen LogP contribution is -2.34. The molecule has 0 saturated carbocycles. The van der Waals surface area contributed by atoms with E-state index in [1.165, 1.54) is 21.7 Å². The van der Waals surface area contributed by atoms with E-state index in [9.17, 15) is 13.2 Å². The molecule has 5 nitrogen and oxygen atoms in total. The van der Waals surface area contributed by atoms with Crippen molar-refractivity contribution in [3.8, 4) is 0 Å². The maximum absolute atomic E-state index is 12.3. The Morgan fingerprint density at radius 1 is 1.19 bits per heavy atom. The Labute approximate surface area is 161 Å². The lowest BCUT2D eigenvalue weighted by molar-refractivity contribution is -0.116. The van der Waals surface area contributed by atoms with Gasteiger partial charge in [0.15, 0.2) is 0 Å². The van der Waals surface area contributed by atoms with Crippen LogP contribution in [0.25, 0.3) is 0 Å². The number of rotatable bonds is 6. The number of nitrogens with one attached hydrogen (secondary N) is 1. The molecule has 1 aliphatic rings. The van der Waals surface area contributed by atoms with Crippen molar-refractivity contribution in [2.24, 2.45) is 0 Å². The second-order valence-electron chi connectivity index (χ2n) is 7.11. The molecule has 0 atom stereocenters. The van der Waals surface area contributed by atoms with Crippen molar-refractivity contribution in [3.05, 3.63) is 59.2 Å². The predicted molar refractivity (Wildman–Crippen MR) is 110 cm³/mol. The van der Waals surface area contributed by atoms with E-state index < -0.39 is 10.0 Å². The average molecular weight is 387 g/mol. The Balaban J connectivity index is 1.62. The van der Waals surface area contributed by atoms with Gasteiger partial charge in [-0.15, -0.1) is 0 Å². The van der Waals surface area contributed by atoms with Crippen LogP contribution in [-0.2, 0) is 27.7 Å².